The van der Waals surface area contributed by atoms with Gasteiger partial charge < -0.3 is 34.0 Å². The van der Waals surface area contributed by atoms with Crippen molar-refractivity contribution in [3.05, 3.63) is 0 Å². The molecule has 2 atom stereocenters. The van der Waals surface area contributed by atoms with Crippen LogP contribution >= 0.6 is 11.9 Å². The Labute approximate surface area is 179 Å². The van der Waals surface area contributed by atoms with Crippen molar-refractivity contribution in [1.82, 2.24) is 0 Å². The van der Waals surface area contributed by atoms with Gasteiger partial charge in [-0.15, -0.1) is 0 Å². The Morgan fingerprint density at radius 1 is 0.947 bits per heavy atom. The van der Waals surface area contributed by atoms with Crippen molar-refractivity contribution in [3.8, 4) is 0 Å². The summed E-state index contributed by atoms with van der Waals surface area (Å²) in [5.74, 6) is -12.3. The van der Waals surface area contributed by atoms with Crippen LogP contribution in [0.1, 0.15) is 6.42 Å². The molecular formula is C7H4ClNa3O8. The number of rotatable bonds is 6. The van der Waals surface area contributed by atoms with Gasteiger partial charge in [-0.25, -0.2) is 4.79 Å². The molecule has 0 N–H and O–H groups in total. The third kappa shape index (κ3) is 10.5. The van der Waals surface area contributed by atoms with Crippen molar-refractivity contribution < 1.29 is 127 Å². The van der Waals surface area contributed by atoms with Gasteiger partial charge in [-0.05, 0) is 6.42 Å². The maximum Gasteiger partial charge on any atom is 1.00 e. The molecular weight excluding hydrogens is 316 g/mol. The maximum atomic E-state index is 10.8. The van der Waals surface area contributed by atoms with Gasteiger partial charge in [0.15, 0.2) is 0 Å². The van der Waals surface area contributed by atoms with Crippen molar-refractivity contribution >= 4 is 35.7 Å². The van der Waals surface area contributed by atoms with Gasteiger partial charge in [-0.2, -0.15) is 0 Å². The van der Waals surface area contributed by atoms with Gasteiger partial charge in [0.2, 0.25) is 0 Å². The van der Waals surface area contributed by atoms with E-state index in [0.717, 1.165) is 0 Å². The van der Waals surface area contributed by atoms with Crippen molar-refractivity contribution in [2.75, 3.05) is 0 Å². The van der Waals surface area contributed by atoms with Crippen LogP contribution in [-0.4, -0.2) is 23.9 Å². The summed E-state index contributed by atoms with van der Waals surface area (Å²) in [6.07, 6.45) is -1.24. The van der Waals surface area contributed by atoms with Gasteiger partial charge in [-0.3, -0.25) is 0 Å². The largest absolute Gasteiger partial charge is 1.00 e. The number of carbonyl (C=O) groups excluding carboxylic acids is 4. The molecule has 0 radical (unpaired) electrons. The van der Waals surface area contributed by atoms with Crippen LogP contribution in [0.25, 0.3) is 0 Å². The number of carbonyl (C=O) groups is 4. The summed E-state index contributed by atoms with van der Waals surface area (Å²) in [4.78, 5) is 41.9. The molecule has 0 rings (SSSR count). The molecule has 0 spiro atoms. The van der Waals surface area contributed by atoms with Crippen molar-refractivity contribution in [2.45, 2.75) is 6.42 Å². The van der Waals surface area contributed by atoms with E-state index in [2.05, 4.69) is 16.2 Å². The van der Waals surface area contributed by atoms with Crippen LogP contribution in [0, 0.1) is 11.8 Å². The van der Waals surface area contributed by atoms with E-state index < -0.39 is 42.1 Å². The molecule has 90 valence electrons. The first-order valence-corrected chi connectivity index (χ1v) is 4.06. The molecule has 0 amide bonds. The topological polar surface area (TPSA) is 147 Å². The van der Waals surface area contributed by atoms with Gasteiger partial charge in [0.1, 0.15) is 17.8 Å². The smallest absolute Gasteiger partial charge is 0.550 e. The van der Waals surface area contributed by atoms with E-state index in [4.69, 9.17) is 0 Å². The van der Waals surface area contributed by atoms with Gasteiger partial charge in [0.25, 0.3) is 0 Å². The second-order valence-corrected chi connectivity index (χ2v) is 2.85. The van der Waals surface area contributed by atoms with Crippen LogP contribution < -0.4 is 104 Å². The van der Waals surface area contributed by atoms with E-state index in [1.165, 1.54) is 0 Å². The molecule has 8 nitrogen and oxygen atoms in total. The second-order valence-electron chi connectivity index (χ2n) is 2.69. The molecule has 0 aliphatic heterocycles. The first kappa shape index (κ1) is 28.3. The summed E-state index contributed by atoms with van der Waals surface area (Å²) < 4.78 is 3.49. The van der Waals surface area contributed by atoms with Crippen LogP contribution in [0.3, 0.4) is 0 Å². The Morgan fingerprint density at radius 2 is 1.37 bits per heavy atom. The summed E-state index contributed by atoms with van der Waals surface area (Å²) in [6, 6.07) is 0. The quantitative estimate of drug-likeness (QED) is 0.346. The van der Waals surface area contributed by atoms with E-state index >= 15 is 0 Å². The molecule has 0 saturated carbocycles. The molecule has 0 heterocycles. The van der Waals surface area contributed by atoms with E-state index in [-0.39, 0.29) is 88.7 Å². The second kappa shape index (κ2) is 14.1. The van der Waals surface area contributed by atoms with E-state index in [9.17, 15) is 34.5 Å². The van der Waals surface area contributed by atoms with Crippen LogP contribution in [0.4, 0.5) is 0 Å². The van der Waals surface area contributed by atoms with Crippen molar-refractivity contribution in [1.29, 1.82) is 0 Å². The molecule has 0 aliphatic rings. The molecule has 19 heavy (non-hydrogen) atoms. The fourth-order valence-corrected chi connectivity index (χ4v) is 1.09. The summed E-state index contributed by atoms with van der Waals surface area (Å²) in [5.41, 5.74) is 0. The zero-order valence-electron chi connectivity index (χ0n) is 10.5. The number of carboxylic acids is 3. The average molecular weight is 321 g/mol. The predicted octanol–water partition coefficient (Wildman–Crippen LogP) is -13.4. The first-order valence-electron chi connectivity index (χ1n) is 3.75. The summed E-state index contributed by atoms with van der Waals surface area (Å²) >= 11 is 4.56. The SMILES string of the molecule is O=C([O-])CC(C(=O)[O-])C(C(=O)[O-])C(=O)OCl.[Na+].[Na+].[Na+]. The molecule has 0 aromatic heterocycles. The molecule has 0 aliphatic carbocycles. The van der Waals surface area contributed by atoms with Crippen LogP contribution in [0.5, 0.6) is 0 Å². The van der Waals surface area contributed by atoms with Crippen LogP contribution in [0.15, 0.2) is 0 Å². The molecule has 2 unspecified atom stereocenters. The minimum atomic E-state index is -2.37. The predicted molar refractivity (Wildman–Crippen MR) is 38.6 cm³/mol. The van der Waals surface area contributed by atoms with Crippen molar-refractivity contribution in [3.63, 3.8) is 0 Å². The van der Waals surface area contributed by atoms with E-state index in [0.29, 0.717) is 0 Å². The van der Waals surface area contributed by atoms with Crippen LogP contribution in [-0.2, 0) is 23.5 Å². The normalized spacial score (nSPS) is 11.4. The Kier molecular flexibility index (Phi) is 21.1. The molecule has 0 aromatic carbocycles. The zero-order chi connectivity index (χ0) is 12.9. The van der Waals surface area contributed by atoms with Gasteiger partial charge in [-0.1, -0.05) is 0 Å². The van der Waals surface area contributed by atoms with Gasteiger partial charge >= 0.3 is 94.6 Å². The average Bonchev–Trinajstić information content (AvgIpc) is 2.14. The number of carboxylic acid groups (broad SMARTS) is 3. The summed E-state index contributed by atoms with van der Waals surface area (Å²) in [5, 5.41) is 31.1. The minimum absolute atomic E-state index is 0. The van der Waals surface area contributed by atoms with Crippen LogP contribution in [0.2, 0.25) is 0 Å². The summed E-state index contributed by atoms with van der Waals surface area (Å²) in [7, 11) is 0. The monoisotopic (exact) mass is 320 g/mol. The number of hydrogen-bond acceptors (Lipinski definition) is 8. The fraction of sp³-hybridized carbons (Fsp3) is 0.429. The number of aliphatic carboxylic acids is 3. The maximum absolute atomic E-state index is 10.8. The Balaban J connectivity index is -0.000000375. The Morgan fingerprint density at radius 3 is 1.58 bits per heavy atom. The Hall–Kier alpha value is 1.17. The minimum Gasteiger partial charge on any atom is -0.550 e. The summed E-state index contributed by atoms with van der Waals surface area (Å²) in [6.45, 7) is 0. The molecule has 0 aromatic rings. The Bertz CT molecular complexity index is 336. The molecule has 0 fully saturated rings. The van der Waals surface area contributed by atoms with Gasteiger partial charge in [0, 0.05) is 17.9 Å². The van der Waals surface area contributed by atoms with E-state index in [1.807, 2.05) is 0 Å². The number of halogens is 1. The first-order chi connectivity index (χ1) is 7.31. The zero-order valence-corrected chi connectivity index (χ0v) is 17.3. The standard InChI is InChI=1S/C7H7ClO8.3Na/c8-16-7(15)4(6(13)14)2(5(11)12)1-3(9)10;;;/h2,4H,1H2,(H,9,10)(H,11,12)(H,13,14);;;/q;3*+1/p-3. The third-order valence-electron chi connectivity index (χ3n) is 1.68. The fourth-order valence-electron chi connectivity index (χ4n) is 0.990. The third-order valence-corrected chi connectivity index (χ3v) is 1.83. The molecule has 12 heteroatoms. The number of hydrogen-bond donors (Lipinski definition) is 0. The van der Waals surface area contributed by atoms with Crippen molar-refractivity contribution in [2.24, 2.45) is 11.8 Å². The van der Waals surface area contributed by atoms with Gasteiger partial charge in [0.05, 0.1) is 5.97 Å². The molecule has 0 bridgehead atoms. The molecule has 0 saturated heterocycles. The van der Waals surface area contributed by atoms with E-state index in [1.54, 1.807) is 0 Å².